The number of carbonyl (C=O) groups excluding carboxylic acids is 1. The molecule has 0 aliphatic carbocycles. The number of benzene rings is 1. The minimum atomic E-state index is -3.74. The second-order valence-corrected chi connectivity index (χ2v) is 9.19. The molecule has 0 bridgehead atoms. The molecule has 0 radical (unpaired) electrons. The first-order valence-electron chi connectivity index (χ1n) is 8.53. The third-order valence-corrected chi connectivity index (χ3v) is 6.26. The Balaban J connectivity index is 0.00000243. The highest BCUT2D eigenvalue weighted by Crippen LogP contribution is 2.34. The molecule has 2 aliphatic rings. The smallest absolute Gasteiger partial charge is 0.241 e. The SMILES string of the molecule is CC1Cc2cc(S(N)(=O)=O)ccc2N1C(=O)CN1CCC(C)(CN)C1.Cl. The van der Waals surface area contributed by atoms with Crippen LogP contribution < -0.4 is 15.8 Å². The Hall–Kier alpha value is -1.19. The fourth-order valence-corrected chi connectivity index (χ4v) is 4.42. The van der Waals surface area contributed by atoms with E-state index in [2.05, 4.69) is 11.8 Å². The number of sulfonamides is 1. The van der Waals surface area contributed by atoms with Gasteiger partial charge in [0.1, 0.15) is 0 Å². The van der Waals surface area contributed by atoms with Crippen molar-refractivity contribution in [1.82, 2.24) is 4.90 Å². The molecule has 146 valence electrons. The second-order valence-electron chi connectivity index (χ2n) is 7.63. The normalized spacial score (nSPS) is 25.8. The van der Waals surface area contributed by atoms with E-state index in [9.17, 15) is 13.2 Å². The highest BCUT2D eigenvalue weighted by molar-refractivity contribution is 7.89. The van der Waals surface area contributed by atoms with Crippen LogP contribution >= 0.6 is 12.4 Å². The van der Waals surface area contributed by atoms with Crippen molar-refractivity contribution in [1.29, 1.82) is 0 Å². The van der Waals surface area contributed by atoms with Crippen LogP contribution in [0, 0.1) is 5.41 Å². The van der Waals surface area contributed by atoms with Gasteiger partial charge in [-0.2, -0.15) is 0 Å². The van der Waals surface area contributed by atoms with Crippen molar-refractivity contribution in [2.75, 3.05) is 31.1 Å². The van der Waals surface area contributed by atoms with Crippen LogP contribution in [0.3, 0.4) is 0 Å². The molecule has 1 amide bonds. The topological polar surface area (TPSA) is 110 Å². The molecule has 1 fully saturated rings. The first-order valence-corrected chi connectivity index (χ1v) is 10.1. The van der Waals surface area contributed by atoms with Gasteiger partial charge in [0.15, 0.2) is 0 Å². The standard InChI is InChI=1S/C17H26N4O3S.ClH/c1-12-7-13-8-14(25(19,23)24)3-4-15(13)21(12)16(22)9-20-6-5-17(2,10-18)11-20;/h3-4,8,12H,5-7,9-11,18H2,1-2H3,(H2,19,23,24);1H. The molecule has 3 rings (SSSR count). The van der Waals surface area contributed by atoms with Crippen LogP contribution in [0.5, 0.6) is 0 Å². The number of carbonyl (C=O) groups is 1. The van der Waals surface area contributed by atoms with Crippen LogP contribution in [0.15, 0.2) is 23.1 Å². The Morgan fingerprint density at radius 1 is 1.38 bits per heavy atom. The average molecular weight is 403 g/mol. The number of primary sulfonamides is 1. The van der Waals surface area contributed by atoms with Crippen molar-refractivity contribution >= 4 is 34.0 Å². The van der Waals surface area contributed by atoms with Gasteiger partial charge in [-0.15, -0.1) is 12.4 Å². The quantitative estimate of drug-likeness (QED) is 0.770. The molecule has 0 saturated carbocycles. The molecule has 9 heteroatoms. The van der Waals surface area contributed by atoms with Crippen LogP contribution in [0.4, 0.5) is 5.69 Å². The number of hydrogen-bond acceptors (Lipinski definition) is 5. The molecule has 1 saturated heterocycles. The molecule has 7 nitrogen and oxygen atoms in total. The van der Waals surface area contributed by atoms with Gasteiger partial charge in [-0.1, -0.05) is 6.92 Å². The molecule has 1 aromatic rings. The summed E-state index contributed by atoms with van der Waals surface area (Å²) in [4.78, 5) is 16.9. The minimum absolute atomic E-state index is 0. The molecular formula is C17H27ClN4O3S. The van der Waals surface area contributed by atoms with Crippen molar-refractivity contribution in [3.63, 3.8) is 0 Å². The van der Waals surface area contributed by atoms with E-state index in [1.807, 2.05) is 6.92 Å². The zero-order chi connectivity index (χ0) is 18.4. The highest BCUT2D eigenvalue weighted by atomic mass is 35.5. The van der Waals surface area contributed by atoms with Gasteiger partial charge < -0.3 is 10.6 Å². The van der Waals surface area contributed by atoms with Crippen LogP contribution in [0.2, 0.25) is 0 Å². The lowest BCUT2D eigenvalue weighted by molar-refractivity contribution is -0.119. The van der Waals surface area contributed by atoms with E-state index >= 15 is 0 Å². The number of nitrogens with two attached hydrogens (primary N) is 2. The van der Waals surface area contributed by atoms with Gasteiger partial charge in [-0.3, -0.25) is 9.69 Å². The Morgan fingerprint density at radius 2 is 2.08 bits per heavy atom. The van der Waals surface area contributed by atoms with Crippen LogP contribution in [-0.2, 0) is 21.2 Å². The number of amides is 1. The summed E-state index contributed by atoms with van der Waals surface area (Å²) in [6.07, 6.45) is 1.63. The van der Waals surface area contributed by atoms with Gasteiger partial charge in [0.25, 0.3) is 0 Å². The predicted molar refractivity (Wildman–Crippen MR) is 104 cm³/mol. The van der Waals surface area contributed by atoms with Gasteiger partial charge in [0.05, 0.1) is 11.4 Å². The van der Waals surface area contributed by atoms with E-state index in [1.165, 1.54) is 6.07 Å². The lowest BCUT2D eigenvalue weighted by atomic mass is 9.90. The lowest BCUT2D eigenvalue weighted by Gasteiger charge is -2.27. The van der Waals surface area contributed by atoms with Crippen molar-refractivity contribution in [2.45, 2.75) is 37.6 Å². The summed E-state index contributed by atoms with van der Waals surface area (Å²) in [5, 5.41) is 5.20. The number of anilines is 1. The average Bonchev–Trinajstić information content (AvgIpc) is 3.05. The van der Waals surface area contributed by atoms with Gasteiger partial charge in [-0.25, -0.2) is 13.6 Å². The maximum absolute atomic E-state index is 12.9. The fraction of sp³-hybridized carbons (Fsp3) is 0.588. The lowest BCUT2D eigenvalue weighted by Crippen LogP contribution is -2.43. The van der Waals surface area contributed by atoms with E-state index in [0.717, 1.165) is 30.8 Å². The third-order valence-electron chi connectivity index (χ3n) is 5.35. The Bertz CT molecular complexity index is 801. The summed E-state index contributed by atoms with van der Waals surface area (Å²) in [5.74, 6) is 0.0378. The summed E-state index contributed by atoms with van der Waals surface area (Å²) in [7, 11) is -3.74. The summed E-state index contributed by atoms with van der Waals surface area (Å²) in [6, 6.07) is 4.73. The summed E-state index contributed by atoms with van der Waals surface area (Å²) in [6.45, 7) is 6.81. The summed E-state index contributed by atoms with van der Waals surface area (Å²) in [5.41, 5.74) is 7.55. The zero-order valence-electron chi connectivity index (χ0n) is 15.1. The molecule has 2 aliphatic heterocycles. The molecule has 26 heavy (non-hydrogen) atoms. The number of halogens is 1. The molecule has 0 spiro atoms. The van der Waals surface area contributed by atoms with E-state index in [0.29, 0.717) is 19.5 Å². The Morgan fingerprint density at radius 3 is 2.65 bits per heavy atom. The molecular weight excluding hydrogens is 376 g/mol. The Kier molecular flexibility index (Phi) is 6.04. The van der Waals surface area contributed by atoms with Gasteiger partial charge in [0.2, 0.25) is 15.9 Å². The maximum atomic E-state index is 12.9. The second kappa shape index (κ2) is 7.44. The van der Waals surface area contributed by atoms with Gasteiger partial charge in [0, 0.05) is 18.3 Å². The van der Waals surface area contributed by atoms with Crippen molar-refractivity contribution in [3.8, 4) is 0 Å². The third kappa shape index (κ3) is 4.04. The zero-order valence-corrected chi connectivity index (χ0v) is 16.8. The Labute approximate surface area is 161 Å². The number of hydrogen-bond donors (Lipinski definition) is 2. The molecule has 4 N–H and O–H groups in total. The van der Waals surface area contributed by atoms with E-state index < -0.39 is 10.0 Å². The monoisotopic (exact) mass is 402 g/mol. The largest absolute Gasteiger partial charge is 0.330 e. The van der Waals surface area contributed by atoms with E-state index in [1.54, 1.807) is 17.0 Å². The fourth-order valence-electron chi connectivity index (χ4n) is 3.86. The minimum Gasteiger partial charge on any atom is -0.330 e. The summed E-state index contributed by atoms with van der Waals surface area (Å²) >= 11 is 0. The number of nitrogens with zero attached hydrogens (tertiary/aromatic N) is 2. The number of likely N-dealkylation sites (tertiary alicyclic amines) is 1. The van der Waals surface area contributed by atoms with Crippen LogP contribution in [-0.4, -0.2) is 51.4 Å². The summed E-state index contributed by atoms with van der Waals surface area (Å²) < 4.78 is 23.1. The number of rotatable bonds is 4. The molecule has 0 aromatic heterocycles. The molecule has 1 aromatic carbocycles. The predicted octanol–water partition coefficient (Wildman–Crippen LogP) is 0.704. The number of fused-ring (bicyclic) bond motifs is 1. The maximum Gasteiger partial charge on any atom is 0.241 e. The van der Waals surface area contributed by atoms with Gasteiger partial charge >= 0.3 is 0 Å². The van der Waals surface area contributed by atoms with Crippen molar-refractivity contribution < 1.29 is 13.2 Å². The van der Waals surface area contributed by atoms with Gasteiger partial charge in [-0.05, 0) is 62.0 Å². The van der Waals surface area contributed by atoms with E-state index in [-0.39, 0.29) is 34.7 Å². The molecule has 2 heterocycles. The molecule has 2 unspecified atom stereocenters. The van der Waals surface area contributed by atoms with Crippen LogP contribution in [0.25, 0.3) is 0 Å². The first-order chi connectivity index (χ1) is 11.6. The van der Waals surface area contributed by atoms with Crippen molar-refractivity contribution in [3.05, 3.63) is 23.8 Å². The van der Waals surface area contributed by atoms with Crippen LogP contribution in [0.1, 0.15) is 25.8 Å². The van der Waals surface area contributed by atoms with E-state index in [4.69, 9.17) is 10.9 Å². The first kappa shape index (κ1) is 21.1. The van der Waals surface area contributed by atoms with Crippen molar-refractivity contribution in [2.24, 2.45) is 16.3 Å². The molecule has 2 atom stereocenters. The highest BCUT2D eigenvalue weighted by Gasteiger charge is 2.36.